The molecule has 2 N–H and O–H groups in total. The van der Waals surface area contributed by atoms with Crippen molar-refractivity contribution in [3.63, 3.8) is 0 Å². The van der Waals surface area contributed by atoms with Crippen LogP contribution >= 0.6 is 11.6 Å². The fraction of sp³-hybridized carbons (Fsp3) is 0.263. The number of carboxylic acid groups (broad SMARTS) is 1. The van der Waals surface area contributed by atoms with E-state index in [0.29, 0.717) is 29.8 Å². The van der Waals surface area contributed by atoms with Crippen LogP contribution in [0.2, 0.25) is 5.02 Å². The largest absolute Gasteiger partial charge is 0.481 e. The first kappa shape index (κ1) is 16.5. The van der Waals surface area contributed by atoms with Gasteiger partial charge in [0.25, 0.3) is 5.91 Å². The molecule has 1 amide bonds. The number of nitrogens with one attached hydrogen (secondary N) is 1. The normalized spacial score (nSPS) is 19.9. The van der Waals surface area contributed by atoms with Crippen molar-refractivity contribution >= 4 is 23.5 Å². The quantitative estimate of drug-likeness (QED) is 0.882. The van der Waals surface area contributed by atoms with Crippen molar-refractivity contribution in [1.29, 1.82) is 0 Å². The van der Waals surface area contributed by atoms with Crippen molar-refractivity contribution in [2.75, 3.05) is 0 Å². The van der Waals surface area contributed by atoms with Crippen LogP contribution in [0.3, 0.4) is 0 Å². The summed E-state index contributed by atoms with van der Waals surface area (Å²) in [6, 6.07) is 15.0. The molecule has 2 atom stereocenters. The highest BCUT2D eigenvalue weighted by Crippen LogP contribution is 2.28. The first-order valence-electron chi connectivity index (χ1n) is 7.93. The fourth-order valence-electron chi connectivity index (χ4n) is 3.11. The second-order valence-corrected chi connectivity index (χ2v) is 6.49. The molecule has 124 valence electrons. The van der Waals surface area contributed by atoms with E-state index in [1.165, 1.54) is 0 Å². The topological polar surface area (TPSA) is 66.4 Å². The summed E-state index contributed by atoms with van der Waals surface area (Å²) in [5.41, 5.74) is 2.34. The Morgan fingerprint density at radius 3 is 2.46 bits per heavy atom. The van der Waals surface area contributed by atoms with Crippen molar-refractivity contribution in [1.82, 2.24) is 5.32 Å². The zero-order valence-corrected chi connectivity index (χ0v) is 13.8. The minimum absolute atomic E-state index is 0.116. The Morgan fingerprint density at radius 1 is 1.04 bits per heavy atom. The maximum absolute atomic E-state index is 12.5. The number of carbonyl (C=O) groups is 2. The van der Waals surface area contributed by atoms with E-state index in [1.54, 1.807) is 12.1 Å². The van der Waals surface area contributed by atoms with Gasteiger partial charge in [0, 0.05) is 6.04 Å². The van der Waals surface area contributed by atoms with Crippen molar-refractivity contribution < 1.29 is 14.7 Å². The number of carboxylic acids is 1. The van der Waals surface area contributed by atoms with Crippen LogP contribution < -0.4 is 5.32 Å². The summed E-state index contributed by atoms with van der Waals surface area (Å²) >= 11 is 6.19. The van der Waals surface area contributed by atoms with E-state index in [2.05, 4.69) is 5.32 Å². The fourth-order valence-corrected chi connectivity index (χ4v) is 3.31. The predicted octanol–water partition coefficient (Wildman–Crippen LogP) is 3.99. The first-order valence-corrected chi connectivity index (χ1v) is 8.31. The summed E-state index contributed by atoms with van der Waals surface area (Å²) in [4.78, 5) is 23.6. The van der Waals surface area contributed by atoms with Gasteiger partial charge in [0.05, 0.1) is 16.5 Å². The molecule has 0 saturated heterocycles. The third kappa shape index (κ3) is 3.60. The SMILES string of the molecule is O=C(N[C@@H]1CC[C@H](C(=O)O)C1)c1cc(-c2ccccc2)ccc1Cl. The van der Waals surface area contributed by atoms with Crippen LogP contribution in [0.5, 0.6) is 0 Å². The van der Waals surface area contributed by atoms with Gasteiger partial charge >= 0.3 is 5.97 Å². The zero-order valence-electron chi connectivity index (χ0n) is 13.0. The molecular formula is C19H18ClNO3. The van der Waals surface area contributed by atoms with Crippen LogP contribution in [0.1, 0.15) is 29.6 Å². The van der Waals surface area contributed by atoms with Crippen LogP contribution in [-0.2, 0) is 4.79 Å². The van der Waals surface area contributed by atoms with Gasteiger partial charge in [0.1, 0.15) is 0 Å². The van der Waals surface area contributed by atoms with E-state index in [0.717, 1.165) is 11.1 Å². The summed E-state index contributed by atoms with van der Waals surface area (Å²) in [6.07, 6.45) is 1.74. The Bertz CT molecular complexity index is 760. The molecule has 4 nitrogen and oxygen atoms in total. The molecule has 0 aromatic heterocycles. The van der Waals surface area contributed by atoms with Crippen molar-refractivity contribution in [3.8, 4) is 11.1 Å². The molecule has 1 fully saturated rings. The minimum atomic E-state index is -0.796. The highest BCUT2D eigenvalue weighted by Gasteiger charge is 2.31. The van der Waals surface area contributed by atoms with E-state index in [9.17, 15) is 9.59 Å². The molecule has 0 aliphatic heterocycles. The number of benzene rings is 2. The van der Waals surface area contributed by atoms with Crippen LogP contribution in [0.15, 0.2) is 48.5 Å². The zero-order chi connectivity index (χ0) is 17.1. The molecule has 3 rings (SSSR count). The van der Waals surface area contributed by atoms with Gasteiger partial charge in [-0.05, 0) is 42.5 Å². The Kier molecular flexibility index (Phi) is 4.86. The Labute approximate surface area is 145 Å². The number of hydrogen-bond donors (Lipinski definition) is 2. The second-order valence-electron chi connectivity index (χ2n) is 6.08. The van der Waals surface area contributed by atoms with Crippen LogP contribution in [0.4, 0.5) is 0 Å². The third-order valence-electron chi connectivity index (χ3n) is 4.44. The number of amides is 1. The van der Waals surface area contributed by atoms with E-state index >= 15 is 0 Å². The molecule has 1 aliphatic carbocycles. The van der Waals surface area contributed by atoms with Crippen molar-refractivity contribution in [2.24, 2.45) is 5.92 Å². The summed E-state index contributed by atoms with van der Waals surface area (Å²) in [6.45, 7) is 0. The van der Waals surface area contributed by atoms with E-state index < -0.39 is 5.97 Å². The lowest BCUT2D eigenvalue weighted by Crippen LogP contribution is -2.33. The molecule has 0 radical (unpaired) electrons. The minimum Gasteiger partial charge on any atom is -0.481 e. The first-order chi connectivity index (χ1) is 11.5. The van der Waals surface area contributed by atoms with E-state index in [1.807, 2.05) is 36.4 Å². The number of rotatable bonds is 4. The smallest absolute Gasteiger partial charge is 0.306 e. The third-order valence-corrected chi connectivity index (χ3v) is 4.76. The second kappa shape index (κ2) is 7.05. The standard InChI is InChI=1S/C19H18ClNO3/c20-17-9-7-13(12-4-2-1-3-5-12)11-16(17)18(22)21-15-8-6-14(10-15)19(23)24/h1-5,7,9,11,14-15H,6,8,10H2,(H,21,22)(H,23,24)/t14-,15+/m0/s1. The van der Waals surface area contributed by atoms with Gasteiger partial charge in [-0.3, -0.25) is 9.59 Å². The number of hydrogen-bond acceptors (Lipinski definition) is 2. The molecule has 1 saturated carbocycles. The molecular weight excluding hydrogens is 326 g/mol. The Hall–Kier alpha value is -2.33. The molecule has 0 heterocycles. The molecule has 5 heteroatoms. The van der Waals surface area contributed by atoms with Gasteiger partial charge in [-0.1, -0.05) is 48.0 Å². The van der Waals surface area contributed by atoms with Gasteiger partial charge in [-0.2, -0.15) is 0 Å². The predicted molar refractivity (Wildman–Crippen MR) is 93.1 cm³/mol. The Morgan fingerprint density at radius 2 is 1.79 bits per heavy atom. The van der Waals surface area contributed by atoms with E-state index in [4.69, 9.17) is 16.7 Å². The highest BCUT2D eigenvalue weighted by molar-refractivity contribution is 6.34. The van der Waals surface area contributed by atoms with Gasteiger partial charge < -0.3 is 10.4 Å². The van der Waals surface area contributed by atoms with Gasteiger partial charge in [0.2, 0.25) is 0 Å². The average Bonchev–Trinajstić information content (AvgIpc) is 3.05. The molecule has 0 unspecified atom stereocenters. The van der Waals surface area contributed by atoms with Gasteiger partial charge in [0.15, 0.2) is 0 Å². The molecule has 1 aliphatic rings. The highest BCUT2D eigenvalue weighted by atomic mass is 35.5. The number of aliphatic carboxylic acids is 1. The van der Waals surface area contributed by atoms with E-state index in [-0.39, 0.29) is 17.9 Å². The molecule has 0 spiro atoms. The lowest BCUT2D eigenvalue weighted by molar-refractivity contribution is -0.141. The number of carbonyl (C=O) groups excluding carboxylic acids is 1. The van der Waals surface area contributed by atoms with Crippen molar-refractivity contribution in [3.05, 3.63) is 59.1 Å². The lowest BCUT2D eigenvalue weighted by Gasteiger charge is -2.14. The monoisotopic (exact) mass is 343 g/mol. The maximum atomic E-state index is 12.5. The average molecular weight is 344 g/mol. The summed E-state index contributed by atoms with van der Waals surface area (Å²) in [5, 5.41) is 12.4. The molecule has 2 aromatic rings. The number of halogens is 1. The van der Waals surface area contributed by atoms with Gasteiger partial charge in [-0.15, -0.1) is 0 Å². The Balaban J connectivity index is 1.76. The van der Waals surface area contributed by atoms with Crippen LogP contribution in [0, 0.1) is 5.92 Å². The van der Waals surface area contributed by atoms with Crippen molar-refractivity contribution in [2.45, 2.75) is 25.3 Å². The van der Waals surface area contributed by atoms with Gasteiger partial charge in [-0.25, -0.2) is 0 Å². The summed E-state index contributed by atoms with van der Waals surface area (Å²) < 4.78 is 0. The summed E-state index contributed by atoms with van der Waals surface area (Å²) in [5.74, 6) is -1.42. The summed E-state index contributed by atoms with van der Waals surface area (Å²) in [7, 11) is 0. The molecule has 0 bridgehead atoms. The van der Waals surface area contributed by atoms with Crippen LogP contribution in [-0.4, -0.2) is 23.0 Å². The maximum Gasteiger partial charge on any atom is 0.306 e. The van der Waals surface area contributed by atoms with Crippen LogP contribution in [0.25, 0.3) is 11.1 Å². The molecule has 24 heavy (non-hydrogen) atoms. The molecule has 2 aromatic carbocycles. The lowest BCUT2D eigenvalue weighted by atomic mass is 10.0.